The van der Waals surface area contributed by atoms with Gasteiger partial charge in [0.1, 0.15) is 18.8 Å². The van der Waals surface area contributed by atoms with E-state index in [2.05, 4.69) is 10.4 Å². The Morgan fingerprint density at radius 1 is 1.09 bits per heavy atom. The van der Waals surface area contributed by atoms with Crippen molar-refractivity contribution in [2.75, 3.05) is 31.6 Å². The minimum absolute atomic E-state index is 0.0589. The monoisotopic (exact) mass is 464 g/mol. The van der Waals surface area contributed by atoms with Gasteiger partial charge in [-0.15, -0.1) is 0 Å². The van der Waals surface area contributed by atoms with Crippen LogP contribution in [0.2, 0.25) is 0 Å². The Kier molecular flexibility index (Phi) is 6.60. The van der Waals surface area contributed by atoms with Gasteiger partial charge >= 0.3 is 12.1 Å². The number of amides is 2. The van der Waals surface area contributed by atoms with Gasteiger partial charge in [-0.3, -0.25) is 19.6 Å². The molecule has 0 aliphatic heterocycles. The number of rotatable bonds is 8. The van der Waals surface area contributed by atoms with Crippen molar-refractivity contribution in [3.05, 3.63) is 71.4 Å². The van der Waals surface area contributed by atoms with Crippen LogP contribution in [0.25, 0.3) is 11.1 Å². The van der Waals surface area contributed by atoms with E-state index in [1.807, 2.05) is 48.5 Å². The van der Waals surface area contributed by atoms with Gasteiger partial charge in [0, 0.05) is 25.6 Å². The Morgan fingerprint density at radius 2 is 1.71 bits per heavy atom. The molecule has 3 aromatic rings. The van der Waals surface area contributed by atoms with Crippen molar-refractivity contribution in [1.82, 2.24) is 14.7 Å². The molecular formula is C24H24N4O6. The van der Waals surface area contributed by atoms with Crippen LogP contribution in [-0.2, 0) is 16.6 Å². The van der Waals surface area contributed by atoms with Gasteiger partial charge in [-0.25, -0.2) is 4.79 Å². The number of aromatic nitrogens is 2. The quantitative estimate of drug-likeness (QED) is 0.466. The molecule has 2 aromatic carbocycles. The highest BCUT2D eigenvalue weighted by Gasteiger charge is 2.29. The second-order valence-corrected chi connectivity index (χ2v) is 7.83. The molecular weight excluding hydrogens is 440 g/mol. The Balaban J connectivity index is 1.43. The van der Waals surface area contributed by atoms with E-state index in [4.69, 9.17) is 14.9 Å². The SMILES string of the molecule is Cn1nc(NC(=O)OCC2c3ccccc3-c3ccccc32)cc1C(=O)N(CCO)CC(=O)O. The van der Waals surface area contributed by atoms with Crippen LogP contribution < -0.4 is 5.32 Å². The molecule has 3 N–H and O–H groups in total. The van der Waals surface area contributed by atoms with E-state index in [0.717, 1.165) is 27.2 Å². The number of hydrogen-bond donors (Lipinski definition) is 3. The van der Waals surface area contributed by atoms with E-state index < -0.39 is 24.5 Å². The first-order valence-electron chi connectivity index (χ1n) is 10.7. The number of aliphatic hydroxyl groups is 1. The van der Waals surface area contributed by atoms with Gasteiger partial charge in [-0.05, 0) is 22.3 Å². The van der Waals surface area contributed by atoms with Crippen LogP contribution in [0.1, 0.15) is 27.5 Å². The summed E-state index contributed by atoms with van der Waals surface area (Å²) in [5.41, 5.74) is 4.47. The lowest BCUT2D eigenvalue weighted by atomic mass is 9.98. The summed E-state index contributed by atoms with van der Waals surface area (Å²) in [6, 6.07) is 17.3. The molecule has 0 unspecified atom stereocenters. The summed E-state index contributed by atoms with van der Waals surface area (Å²) in [4.78, 5) is 37.1. The van der Waals surface area contributed by atoms with Crippen molar-refractivity contribution in [2.45, 2.75) is 5.92 Å². The number of aliphatic carboxylic acids is 1. The van der Waals surface area contributed by atoms with Crippen LogP contribution in [0.15, 0.2) is 54.6 Å². The normalized spacial score (nSPS) is 12.1. The van der Waals surface area contributed by atoms with Crippen molar-refractivity contribution in [1.29, 1.82) is 0 Å². The Hall–Kier alpha value is -4.18. The number of aryl methyl sites for hydroxylation is 1. The Labute approximate surface area is 195 Å². The number of aliphatic hydroxyl groups excluding tert-OH is 1. The maximum absolute atomic E-state index is 12.7. The number of nitrogens with zero attached hydrogens (tertiary/aromatic N) is 3. The largest absolute Gasteiger partial charge is 0.480 e. The van der Waals surface area contributed by atoms with E-state index in [9.17, 15) is 14.4 Å². The van der Waals surface area contributed by atoms with Crippen molar-refractivity contribution in [3.8, 4) is 11.1 Å². The molecule has 1 heterocycles. The number of nitrogens with one attached hydrogen (secondary N) is 1. The number of ether oxygens (including phenoxy) is 1. The fourth-order valence-corrected chi connectivity index (χ4v) is 4.17. The Bertz CT molecular complexity index is 1190. The van der Waals surface area contributed by atoms with Crippen LogP contribution in [0.5, 0.6) is 0 Å². The van der Waals surface area contributed by atoms with Gasteiger partial charge in [0.2, 0.25) is 0 Å². The molecule has 1 aliphatic carbocycles. The van der Waals surface area contributed by atoms with E-state index >= 15 is 0 Å². The van der Waals surface area contributed by atoms with Crippen molar-refractivity contribution >= 4 is 23.8 Å². The number of carboxylic acid groups (broad SMARTS) is 1. The van der Waals surface area contributed by atoms with E-state index in [0.29, 0.717) is 0 Å². The lowest BCUT2D eigenvalue weighted by Gasteiger charge is -2.19. The number of benzene rings is 2. The van der Waals surface area contributed by atoms with Gasteiger partial charge in [0.05, 0.1) is 6.61 Å². The number of carboxylic acids is 1. The van der Waals surface area contributed by atoms with E-state index in [1.165, 1.54) is 17.8 Å². The van der Waals surface area contributed by atoms with Gasteiger partial charge in [-0.2, -0.15) is 5.10 Å². The van der Waals surface area contributed by atoms with Crippen molar-refractivity contribution in [2.24, 2.45) is 7.05 Å². The first-order chi connectivity index (χ1) is 16.4. The number of carbonyl (C=O) groups is 3. The van der Waals surface area contributed by atoms with Gasteiger partial charge in [0.15, 0.2) is 5.82 Å². The predicted molar refractivity (Wildman–Crippen MR) is 123 cm³/mol. The number of fused-ring (bicyclic) bond motifs is 3. The third kappa shape index (κ3) is 4.62. The van der Waals surface area contributed by atoms with Crippen molar-refractivity contribution in [3.63, 3.8) is 0 Å². The molecule has 1 aromatic heterocycles. The highest BCUT2D eigenvalue weighted by Crippen LogP contribution is 2.44. The summed E-state index contributed by atoms with van der Waals surface area (Å²) in [6.07, 6.45) is -0.725. The van der Waals surface area contributed by atoms with Crippen LogP contribution in [-0.4, -0.2) is 69.2 Å². The second-order valence-electron chi connectivity index (χ2n) is 7.83. The maximum atomic E-state index is 12.7. The topological polar surface area (TPSA) is 134 Å². The standard InChI is InChI=1S/C24H24N4O6/c1-27-20(23(32)28(10-11-29)13-22(30)31)12-21(26-27)25-24(33)34-14-19-17-8-4-2-6-15(17)16-7-3-5-9-18(16)19/h2-9,12,19,29H,10-11,13-14H2,1H3,(H,30,31)(H,25,26,33). The maximum Gasteiger partial charge on any atom is 0.412 e. The fraction of sp³-hybridized carbons (Fsp3) is 0.250. The van der Waals surface area contributed by atoms with E-state index in [-0.39, 0.29) is 37.2 Å². The van der Waals surface area contributed by atoms with Crippen LogP contribution >= 0.6 is 0 Å². The summed E-state index contributed by atoms with van der Waals surface area (Å²) < 4.78 is 6.72. The smallest absolute Gasteiger partial charge is 0.412 e. The zero-order chi connectivity index (χ0) is 24.2. The average Bonchev–Trinajstić information content (AvgIpc) is 3.34. The molecule has 10 heteroatoms. The second kappa shape index (κ2) is 9.75. The number of hydrogen-bond acceptors (Lipinski definition) is 6. The highest BCUT2D eigenvalue weighted by atomic mass is 16.5. The van der Waals surface area contributed by atoms with Gasteiger partial charge in [0.25, 0.3) is 5.91 Å². The first-order valence-corrected chi connectivity index (χ1v) is 10.7. The number of carbonyl (C=O) groups excluding carboxylic acids is 2. The minimum Gasteiger partial charge on any atom is -0.480 e. The zero-order valence-electron chi connectivity index (χ0n) is 18.5. The molecule has 1 aliphatic rings. The predicted octanol–water partition coefficient (Wildman–Crippen LogP) is 2.30. The summed E-state index contributed by atoms with van der Waals surface area (Å²) >= 11 is 0. The summed E-state index contributed by atoms with van der Waals surface area (Å²) in [5.74, 6) is -1.85. The molecule has 0 atom stereocenters. The molecule has 34 heavy (non-hydrogen) atoms. The highest BCUT2D eigenvalue weighted by molar-refractivity contribution is 5.96. The minimum atomic E-state index is -1.21. The fourth-order valence-electron chi connectivity index (χ4n) is 4.17. The lowest BCUT2D eigenvalue weighted by molar-refractivity contribution is -0.137. The van der Waals surface area contributed by atoms with Gasteiger partial charge in [-0.1, -0.05) is 48.5 Å². The first kappa shape index (κ1) is 23.0. The molecule has 176 valence electrons. The lowest BCUT2D eigenvalue weighted by Crippen LogP contribution is -2.38. The molecule has 0 saturated carbocycles. The van der Waals surface area contributed by atoms with Crippen LogP contribution in [0.3, 0.4) is 0 Å². The molecule has 0 radical (unpaired) electrons. The number of anilines is 1. The third-order valence-corrected chi connectivity index (χ3v) is 5.66. The molecule has 0 saturated heterocycles. The van der Waals surface area contributed by atoms with Crippen LogP contribution in [0.4, 0.5) is 10.6 Å². The molecule has 10 nitrogen and oxygen atoms in total. The molecule has 0 bridgehead atoms. The molecule has 4 rings (SSSR count). The zero-order valence-corrected chi connectivity index (χ0v) is 18.5. The average molecular weight is 464 g/mol. The molecule has 0 fully saturated rings. The molecule has 2 amide bonds. The van der Waals surface area contributed by atoms with Crippen LogP contribution in [0, 0.1) is 0 Å². The summed E-state index contributed by atoms with van der Waals surface area (Å²) in [5, 5.41) is 24.7. The Morgan fingerprint density at radius 3 is 2.29 bits per heavy atom. The van der Waals surface area contributed by atoms with Crippen molar-refractivity contribution < 1.29 is 29.3 Å². The summed E-state index contributed by atoms with van der Waals surface area (Å²) in [7, 11) is 1.49. The van der Waals surface area contributed by atoms with E-state index in [1.54, 1.807) is 0 Å². The van der Waals surface area contributed by atoms with Gasteiger partial charge < -0.3 is 19.8 Å². The third-order valence-electron chi connectivity index (χ3n) is 5.66. The summed E-state index contributed by atoms with van der Waals surface area (Å²) in [6.45, 7) is -0.978. The molecule has 0 spiro atoms.